The molecular formula is C12H16N2O. The van der Waals surface area contributed by atoms with Crippen LogP contribution < -0.4 is 0 Å². The summed E-state index contributed by atoms with van der Waals surface area (Å²) in [6, 6.07) is 3.90. The quantitative estimate of drug-likeness (QED) is 0.752. The van der Waals surface area contributed by atoms with Crippen LogP contribution in [0.5, 0.6) is 0 Å². The Labute approximate surface area is 90.1 Å². The van der Waals surface area contributed by atoms with E-state index in [9.17, 15) is 4.79 Å². The number of carbonyl (C=O) groups is 1. The molecule has 1 heterocycles. The van der Waals surface area contributed by atoms with Crippen LogP contribution in [-0.2, 0) is 11.3 Å². The predicted octanol–water partition coefficient (Wildman–Crippen LogP) is 1.84. The van der Waals surface area contributed by atoms with Crippen LogP contribution in [0.25, 0.3) is 0 Å². The van der Waals surface area contributed by atoms with E-state index in [2.05, 4.69) is 4.98 Å². The fourth-order valence-corrected chi connectivity index (χ4v) is 1.81. The minimum Gasteiger partial charge on any atom is -0.341 e. The van der Waals surface area contributed by atoms with Crippen molar-refractivity contribution in [3.05, 3.63) is 30.1 Å². The molecule has 1 amide bonds. The lowest BCUT2D eigenvalue weighted by atomic mass is 9.84. The van der Waals surface area contributed by atoms with E-state index >= 15 is 0 Å². The molecule has 0 N–H and O–H groups in total. The molecule has 1 saturated carbocycles. The van der Waals surface area contributed by atoms with Crippen LogP contribution in [0.15, 0.2) is 24.5 Å². The minimum atomic E-state index is 0.283. The van der Waals surface area contributed by atoms with Crippen LogP contribution in [0, 0.1) is 5.92 Å². The first kappa shape index (κ1) is 10.1. The van der Waals surface area contributed by atoms with Gasteiger partial charge in [0.15, 0.2) is 0 Å². The Balaban J connectivity index is 1.91. The van der Waals surface area contributed by atoms with Gasteiger partial charge in [-0.05, 0) is 24.5 Å². The highest BCUT2D eigenvalue weighted by Crippen LogP contribution is 2.28. The molecule has 3 heteroatoms. The molecule has 0 saturated heterocycles. The van der Waals surface area contributed by atoms with Crippen LogP contribution in [0.4, 0.5) is 0 Å². The lowest BCUT2D eigenvalue weighted by Gasteiger charge is -2.29. The lowest BCUT2D eigenvalue weighted by Crippen LogP contribution is -2.35. The van der Waals surface area contributed by atoms with E-state index in [1.165, 1.54) is 6.42 Å². The largest absolute Gasteiger partial charge is 0.341 e. The molecule has 0 aromatic carbocycles. The number of hydrogen-bond donors (Lipinski definition) is 0. The van der Waals surface area contributed by atoms with Gasteiger partial charge < -0.3 is 4.90 Å². The van der Waals surface area contributed by atoms with Gasteiger partial charge in [-0.2, -0.15) is 0 Å². The molecule has 0 spiro atoms. The van der Waals surface area contributed by atoms with Gasteiger partial charge in [0.2, 0.25) is 5.91 Å². The zero-order valence-electron chi connectivity index (χ0n) is 9.02. The maximum Gasteiger partial charge on any atom is 0.225 e. The normalized spacial score (nSPS) is 15.8. The van der Waals surface area contributed by atoms with E-state index in [1.807, 2.05) is 25.4 Å². The molecule has 1 aliphatic rings. The summed E-state index contributed by atoms with van der Waals surface area (Å²) in [5.41, 5.74) is 1.09. The van der Waals surface area contributed by atoms with Gasteiger partial charge >= 0.3 is 0 Å². The predicted molar refractivity (Wildman–Crippen MR) is 58.1 cm³/mol. The molecule has 0 radical (unpaired) electrons. The summed E-state index contributed by atoms with van der Waals surface area (Å²) in [4.78, 5) is 17.7. The molecule has 1 aromatic rings. The van der Waals surface area contributed by atoms with Crippen LogP contribution in [-0.4, -0.2) is 22.8 Å². The number of hydrogen-bond acceptors (Lipinski definition) is 2. The van der Waals surface area contributed by atoms with Gasteiger partial charge in [0.25, 0.3) is 0 Å². The first-order chi connectivity index (χ1) is 7.27. The molecular weight excluding hydrogens is 188 g/mol. The Kier molecular flexibility index (Phi) is 2.99. The van der Waals surface area contributed by atoms with E-state index in [0.29, 0.717) is 6.54 Å². The van der Waals surface area contributed by atoms with Crippen LogP contribution in [0.1, 0.15) is 24.8 Å². The van der Waals surface area contributed by atoms with Gasteiger partial charge in [0.05, 0.1) is 0 Å². The van der Waals surface area contributed by atoms with Gasteiger partial charge in [0.1, 0.15) is 0 Å². The van der Waals surface area contributed by atoms with Gasteiger partial charge in [-0.15, -0.1) is 0 Å². The smallest absolute Gasteiger partial charge is 0.225 e. The molecule has 1 fully saturated rings. The molecule has 1 aromatic heterocycles. The van der Waals surface area contributed by atoms with Crippen molar-refractivity contribution < 1.29 is 4.79 Å². The highest BCUT2D eigenvalue weighted by atomic mass is 16.2. The topological polar surface area (TPSA) is 33.2 Å². The number of rotatable bonds is 3. The molecule has 1 aliphatic carbocycles. The SMILES string of the molecule is CN(Cc1cccnc1)C(=O)C1CCC1. The second-order valence-electron chi connectivity index (χ2n) is 4.18. The summed E-state index contributed by atoms with van der Waals surface area (Å²) < 4.78 is 0. The molecule has 0 unspecified atom stereocenters. The lowest BCUT2D eigenvalue weighted by molar-refractivity contribution is -0.137. The number of nitrogens with zero attached hydrogens (tertiary/aromatic N) is 2. The number of carbonyl (C=O) groups excluding carboxylic acids is 1. The summed E-state index contributed by atoms with van der Waals surface area (Å²) in [5.74, 6) is 0.566. The number of aromatic nitrogens is 1. The van der Waals surface area contributed by atoms with Crippen molar-refractivity contribution in [2.45, 2.75) is 25.8 Å². The molecule has 0 bridgehead atoms. The third-order valence-electron chi connectivity index (χ3n) is 2.97. The van der Waals surface area contributed by atoms with Crippen LogP contribution in [0.3, 0.4) is 0 Å². The van der Waals surface area contributed by atoms with E-state index in [0.717, 1.165) is 18.4 Å². The van der Waals surface area contributed by atoms with Crippen molar-refractivity contribution in [3.8, 4) is 0 Å². The van der Waals surface area contributed by atoms with E-state index in [-0.39, 0.29) is 11.8 Å². The van der Waals surface area contributed by atoms with Gasteiger partial charge in [0, 0.05) is 31.9 Å². The number of amides is 1. The molecule has 2 rings (SSSR count). The number of pyridine rings is 1. The Morgan fingerprint density at radius 2 is 2.40 bits per heavy atom. The first-order valence-corrected chi connectivity index (χ1v) is 5.41. The highest BCUT2D eigenvalue weighted by molar-refractivity contribution is 5.79. The van der Waals surface area contributed by atoms with E-state index in [4.69, 9.17) is 0 Å². The second-order valence-corrected chi connectivity index (χ2v) is 4.18. The third-order valence-corrected chi connectivity index (χ3v) is 2.97. The minimum absolute atomic E-state index is 0.283. The van der Waals surface area contributed by atoms with Crippen LogP contribution in [0.2, 0.25) is 0 Å². The summed E-state index contributed by atoms with van der Waals surface area (Å²) in [6.45, 7) is 0.670. The van der Waals surface area contributed by atoms with Crippen molar-refractivity contribution >= 4 is 5.91 Å². The summed E-state index contributed by atoms with van der Waals surface area (Å²) in [5, 5.41) is 0. The molecule has 0 atom stereocenters. The van der Waals surface area contributed by atoms with Crippen molar-refractivity contribution in [1.29, 1.82) is 0 Å². The highest BCUT2D eigenvalue weighted by Gasteiger charge is 2.27. The zero-order chi connectivity index (χ0) is 10.7. The Bertz CT molecular complexity index is 333. The Morgan fingerprint density at radius 1 is 1.60 bits per heavy atom. The van der Waals surface area contributed by atoms with Crippen molar-refractivity contribution in [1.82, 2.24) is 9.88 Å². The van der Waals surface area contributed by atoms with Crippen molar-refractivity contribution in [2.24, 2.45) is 5.92 Å². The van der Waals surface area contributed by atoms with E-state index < -0.39 is 0 Å². The summed E-state index contributed by atoms with van der Waals surface area (Å²) >= 11 is 0. The van der Waals surface area contributed by atoms with Gasteiger partial charge in [-0.1, -0.05) is 12.5 Å². The van der Waals surface area contributed by atoms with Crippen LogP contribution >= 0.6 is 0 Å². The molecule has 3 nitrogen and oxygen atoms in total. The Morgan fingerprint density at radius 3 is 2.93 bits per heavy atom. The van der Waals surface area contributed by atoms with Gasteiger partial charge in [-0.3, -0.25) is 9.78 Å². The standard InChI is InChI=1S/C12H16N2O/c1-14(12(15)11-5-2-6-11)9-10-4-3-7-13-8-10/h3-4,7-8,11H,2,5-6,9H2,1H3. The first-order valence-electron chi connectivity index (χ1n) is 5.41. The fraction of sp³-hybridized carbons (Fsp3) is 0.500. The average Bonchev–Trinajstić information content (AvgIpc) is 2.16. The van der Waals surface area contributed by atoms with Gasteiger partial charge in [-0.25, -0.2) is 0 Å². The molecule has 80 valence electrons. The Hall–Kier alpha value is -1.38. The van der Waals surface area contributed by atoms with E-state index in [1.54, 1.807) is 11.1 Å². The monoisotopic (exact) mass is 204 g/mol. The van der Waals surface area contributed by atoms with Crippen molar-refractivity contribution in [2.75, 3.05) is 7.05 Å². The summed E-state index contributed by atoms with van der Waals surface area (Å²) in [7, 11) is 1.87. The maximum atomic E-state index is 11.8. The molecule has 15 heavy (non-hydrogen) atoms. The zero-order valence-corrected chi connectivity index (χ0v) is 9.02. The third kappa shape index (κ3) is 2.35. The summed E-state index contributed by atoms with van der Waals surface area (Å²) in [6.07, 6.45) is 6.89. The maximum absolute atomic E-state index is 11.8. The molecule has 0 aliphatic heterocycles. The fourth-order valence-electron chi connectivity index (χ4n) is 1.81. The van der Waals surface area contributed by atoms with Crippen molar-refractivity contribution in [3.63, 3.8) is 0 Å². The second kappa shape index (κ2) is 4.43. The average molecular weight is 204 g/mol.